The zero-order chi connectivity index (χ0) is 17.9. The Bertz CT molecular complexity index is 999. The molecule has 0 unspecified atom stereocenters. The lowest BCUT2D eigenvalue weighted by Gasteiger charge is -2.08. The van der Waals surface area contributed by atoms with Crippen molar-refractivity contribution >= 4 is 34.1 Å². The van der Waals surface area contributed by atoms with Crippen molar-refractivity contribution in [3.8, 4) is 9.75 Å². The Balaban J connectivity index is 1.89. The third-order valence-electron chi connectivity index (χ3n) is 4.13. The number of hydrogen-bond acceptors (Lipinski definition) is 3. The lowest BCUT2D eigenvalue weighted by Crippen LogP contribution is -2.02. The van der Waals surface area contributed by atoms with Gasteiger partial charge in [0.2, 0.25) is 0 Å². The topological polar surface area (TPSA) is 12.4 Å². The number of rotatable bonds is 4. The summed E-state index contributed by atoms with van der Waals surface area (Å²) in [4.78, 5) is 10.3. The zero-order valence-electron chi connectivity index (χ0n) is 14.8. The molecule has 0 aliphatic heterocycles. The average Bonchev–Trinajstić information content (AvgIpc) is 3.26. The first-order chi connectivity index (χ1) is 12.7. The summed E-state index contributed by atoms with van der Waals surface area (Å²) in [6.45, 7) is 4.30. The summed E-state index contributed by atoms with van der Waals surface area (Å²) in [6, 6.07) is 27.4. The molecule has 2 heterocycles. The predicted octanol–water partition coefficient (Wildman–Crippen LogP) is 7.26. The van der Waals surface area contributed by atoms with Gasteiger partial charge in [-0.15, -0.1) is 22.7 Å². The van der Waals surface area contributed by atoms with Gasteiger partial charge in [-0.05, 0) is 32.0 Å². The van der Waals surface area contributed by atoms with Crippen LogP contribution in [0, 0.1) is 13.8 Å². The molecule has 0 spiro atoms. The van der Waals surface area contributed by atoms with Gasteiger partial charge in [0, 0.05) is 25.8 Å². The molecule has 0 saturated heterocycles. The van der Waals surface area contributed by atoms with E-state index in [1.54, 1.807) is 0 Å². The van der Waals surface area contributed by atoms with E-state index in [9.17, 15) is 0 Å². The van der Waals surface area contributed by atoms with Crippen LogP contribution in [-0.2, 0) is 0 Å². The van der Waals surface area contributed by atoms with Crippen molar-refractivity contribution in [2.24, 2.45) is 4.99 Å². The van der Waals surface area contributed by atoms with Gasteiger partial charge in [0.15, 0.2) is 0 Å². The van der Waals surface area contributed by atoms with E-state index in [0.29, 0.717) is 0 Å². The minimum atomic E-state index is 1.01. The van der Waals surface area contributed by atoms with Crippen molar-refractivity contribution in [2.75, 3.05) is 0 Å². The molecule has 2 aromatic carbocycles. The van der Waals surface area contributed by atoms with E-state index in [1.807, 2.05) is 34.8 Å². The number of nitrogens with zero attached hydrogens (tertiary/aromatic N) is 1. The highest BCUT2D eigenvalue weighted by Gasteiger charge is 2.13. The molecule has 0 aliphatic rings. The lowest BCUT2D eigenvalue weighted by molar-refractivity contribution is 1.49. The van der Waals surface area contributed by atoms with Gasteiger partial charge < -0.3 is 0 Å². The van der Waals surface area contributed by atoms with Crippen LogP contribution in [0.2, 0.25) is 0 Å². The van der Waals surface area contributed by atoms with E-state index in [1.165, 1.54) is 19.5 Å². The highest BCUT2D eigenvalue weighted by atomic mass is 32.1. The Kier molecular flexibility index (Phi) is 4.83. The summed E-state index contributed by atoms with van der Waals surface area (Å²) in [5.41, 5.74) is 4.34. The monoisotopic (exact) mass is 373 g/mol. The smallest absolute Gasteiger partial charge is 0.0834 e. The Morgan fingerprint density at radius 1 is 0.692 bits per heavy atom. The van der Waals surface area contributed by atoms with Gasteiger partial charge >= 0.3 is 0 Å². The molecule has 0 aliphatic carbocycles. The molecule has 1 nitrogen and oxygen atoms in total. The lowest BCUT2D eigenvalue weighted by atomic mass is 10.0. The van der Waals surface area contributed by atoms with Crippen LogP contribution in [0.15, 0.2) is 83.9 Å². The minimum absolute atomic E-state index is 1.01. The first-order valence-corrected chi connectivity index (χ1v) is 10.2. The molecule has 2 aromatic heterocycles. The van der Waals surface area contributed by atoms with E-state index >= 15 is 0 Å². The highest BCUT2D eigenvalue weighted by molar-refractivity contribution is 7.22. The second-order valence-corrected chi connectivity index (χ2v) is 8.72. The van der Waals surface area contributed by atoms with Gasteiger partial charge in [0.1, 0.15) is 0 Å². The van der Waals surface area contributed by atoms with Gasteiger partial charge in [-0.2, -0.15) is 0 Å². The molecule has 128 valence electrons. The van der Waals surface area contributed by atoms with Gasteiger partial charge in [0.05, 0.1) is 16.3 Å². The van der Waals surface area contributed by atoms with Crippen LogP contribution in [-0.4, -0.2) is 5.71 Å². The molecule has 0 bridgehead atoms. The third-order valence-corrected chi connectivity index (χ3v) is 6.35. The summed E-state index contributed by atoms with van der Waals surface area (Å²) < 4.78 is 0. The fourth-order valence-electron chi connectivity index (χ4n) is 2.93. The molecular formula is C23H19NS2. The first-order valence-electron chi connectivity index (χ1n) is 8.57. The molecular weight excluding hydrogens is 354 g/mol. The largest absolute Gasteiger partial charge is 0.246 e. The maximum absolute atomic E-state index is 5.14. The minimum Gasteiger partial charge on any atom is -0.246 e. The molecule has 0 amide bonds. The van der Waals surface area contributed by atoms with E-state index in [-0.39, 0.29) is 0 Å². The van der Waals surface area contributed by atoms with Crippen LogP contribution in [0.1, 0.15) is 20.9 Å². The van der Waals surface area contributed by atoms with E-state index in [0.717, 1.165) is 22.5 Å². The third kappa shape index (κ3) is 3.55. The Morgan fingerprint density at radius 2 is 1.31 bits per heavy atom. The predicted molar refractivity (Wildman–Crippen MR) is 115 cm³/mol. The molecule has 0 fully saturated rings. The van der Waals surface area contributed by atoms with E-state index in [4.69, 9.17) is 4.99 Å². The van der Waals surface area contributed by atoms with Crippen LogP contribution in [0.25, 0.3) is 9.75 Å². The number of hydrogen-bond donors (Lipinski definition) is 0. The quantitative estimate of drug-likeness (QED) is 0.334. The van der Waals surface area contributed by atoms with Crippen LogP contribution in [0.4, 0.5) is 5.69 Å². The van der Waals surface area contributed by atoms with Crippen molar-refractivity contribution in [3.05, 3.63) is 99.7 Å². The van der Waals surface area contributed by atoms with Gasteiger partial charge in [0.25, 0.3) is 0 Å². The van der Waals surface area contributed by atoms with Gasteiger partial charge in [-0.25, -0.2) is 4.99 Å². The number of aliphatic imine (C=N–C) groups is 1. The summed E-state index contributed by atoms with van der Waals surface area (Å²) >= 11 is 3.64. The second kappa shape index (κ2) is 7.40. The number of benzene rings is 2. The fraction of sp³-hybridized carbons (Fsp3) is 0.0870. The Morgan fingerprint density at radius 3 is 1.85 bits per heavy atom. The molecule has 4 rings (SSSR count). The van der Waals surface area contributed by atoms with Crippen LogP contribution >= 0.6 is 22.7 Å². The van der Waals surface area contributed by atoms with Crippen LogP contribution in [0.3, 0.4) is 0 Å². The molecule has 0 N–H and O–H groups in total. The number of thiophene rings is 2. The second-order valence-electron chi connectivity index (χ2n) is 6.17. The highest BCUT2D eigenvalue weighted by Crippen LogP contribution is 2.42. The maximum Gasteiger partial charge on any atom is 0.0834 e. The van der Waals surface area contributed by atoms with Crippen LogP contribution in [0.5, 0.6) is 0 Å². The summed E-state index contributed by atoms with van der Waals surface area (Å²) in [5, 5.41) is 0. The summed E-state index contributed by atoms with van der Waals surface area (Å²) in [7, 11) is 0. The molecule has 26 heavy (non-hydrogen) atoms. The summed E-state index contributed by atoms with van der Waals surface area (Å²) in [5.74, 6) is 0. The zero-order valence-corrected chi connectivity index (χ0v) is 16.4. The molecule has 0 saturated carbocycles. The molecule has 3 heteroatoms. The molecule has 4 aromatic rings. The van der Waals surface area contributed by atoms with Crippen molar-refractivity contribution in [1.82, 2.24) is 0 Å². The number of aryl methyl sites for hydroxylation is 2. The molecule has 0 radical (unpaired) electrons. The Labute approximate surface area is 162 Å². The van der Waals surface area contributed by atoms with Gasteiger partial charge in [-0.1, -0.05) is 60.7 Å². The van der Waals surface area contributed by atoms with Crippen molar-refractivity contribution in [1.29, 1.82) is 0 Å². The summed E-state index contributed by atoms with van der Waals surface area (Å²) in [6.07, 6.45) is 0. The van der Waals surface area contributed by atoms with Crippen LogP contribution < -0.4 is 0 Å². The van der Waals surface area contributed by atoms with Crippen molar-refractivity contribution in [3.63, 3.8) is 0 Å². The van der Waals surface area contributed by atoms with E-state index in [2.05, 4.69) is 80.6 Å². The average molecular weight is 374 g/mol. The van der Waals surface area contributed by atoms with Gasteiger partial charge in [-0.3, -0.25) is 0 Å². The van der Waals surface area contributed by atoms with Crippen molar-refractivity contribution in [2.45, 2.75) is 13.8 Å². The fourth-order valence-corrected chi connectivity index (χ4v) is 4.86. The SMILES string of the molecule is Cc1ccc(-c2sc(C)cc2N=C(c2ccccc2)c2ccccc2)s1. The van der Waals surface area contributed by atoms with Crippen molar-refractivity contribution < 1.29 is 0 Å². The normalized spacial score (nSPS) is 10.7. The maximum atomic E-state index is 5.14. The molecule has 0 atom stereocenters. The standard InChI is InChI=1S/C23H19NS2/c1-16-13-14-21(25-16)23-20(15-17(2)26-23)24-22(18-9-5-3-6-10-18)19-11-7-4-8-12-19/h3-15H,1-2H3. The Hall–Kier alpha value is -2.49. The first kappa shape index (κ1) is 17.0. The van der Waals surface area contributed by atoms with E-state index < -0.39 is 0 Å².